The molecular formula is C18H22N2OS2. The van der Waals surface area contributed by atoms with E-state index in [2.05, 4.69) is 22.8 Å². The summed E-state index contributed by atoms with van der Waals surface area (Å²) < 4.78 is 0. The molecule has 1 amide bonds. The molecule has 1 heterocycles. The Bertz CT molecular complexity index is 642. The highest BCUT2D eigenvalue weighted by Crippen LogP contribution is 2.29. The van der Waals surface area contributed by atoms with E-state index in [1.807, 2.05) is 24.3 Å². The lowest BCUT2D eigenvalue weighted by Gasteiger charge is -2.20. The molecule has 1 aromatic carbocycles. The van der Waals surface area contributed by atoms with Crippen molar-refractivity contribution in [1.29, 1.82) is 0 Å². The van der Waals surface area contributed by atoms with Crippen molar-refractivity contribution in [2.24, 2.45) is 11.7 Å². The monoisotopic (exact) mass is 346 g/mol. The summed E-state index contributed by atoms with van der Waals surface area (Å²) in [7, 11) is 0. The molecule has 1 fully saturated rings. The van der Waals surface area contributed by atoms with E-state index in [9.17, 15) is 4.79 Å². The average molecular weight is 347 g/mol. The fraction of sp³-hybridized carbons (Fsp3) is 0.389. The minimum atomic E-state index is 0.0321. The number of thioether (sulfide) groups is 1. The summed E-state index contributed by atoms with van der Waals surface area (Å²) in [5, 5.41) is 5.28. The number of benzene rings is 1. The summed E-state index contributed by atoms with van der Waals surface area (Å²) in [5.41, 5.74) is 6.59. The largest absolute Gasteiger partial charge is 0.349 e. The molecule has 0 saturated heterocycles. The second-order valence-corrected chi connectivity index (χ2v) is 7.92. The van der Waals surface area contributed by atoms with Crippen LogP contribution in [-0.2, 0) is 5.75 Å². The van der Waals surface area contributed by atoms with Crippen molar-refractivity contribution in [3.63, 3.8) is 0 Å². The third-order valence-electron chi connectivity index (χ3n) is 4.36. The van der Waals surface area contributed by atoms with Crippen LogP contribution in [0.25, 0.3) is 0 Å². The maximum Gasteiger partial charge on any atom is 0.252 e. The van der Waals surface area contributed by atoms with Gasteiger partial charge >= 0.3 is 0 Å². The third-order valence-corrected chi connectivity index (χ3v) is 6.54. The molecule has 3 rings (SSSR count). The van der Waals surface area contributed by atoms with Gasteiger partial charge < -0.3 is 11.1 Å². The summed E-state index contributed by atoms with van der Waals surface area (Å²) >= 11 is 3.47. The van der Waals surface area contributed by atoms with E-state index in [4.69, 9.17) is 5.73 Å². The predicted octanol–water partition coefficient (Wildman–Crippen LogP) is 3.90. The lowest BCUT2D eigenvalue weighted by atomic mass is 10.0. The SMILES string of the molecule is NCC1CCCC1NC(=O)c1ccccc1SCc1cccs1. The van der Waals surface area contributed by atoms with Gasteiger partial charge in [-0.1, -0.05) is 24.6 Å². The Labute approximate surface area is 145 Å². The number of hydrogen-bond donors (Lipinski definition) is 2. The Hall–Kier alpha value is -1.30. The second kappa shape index (κ2) is 7.99. The smallest absolute Gasteiger partial charge is 0.252 e. The van der Waals surface area contributed by atoms with Crippen LogP contribution >= 0.6 is 23.1 Å². The molecule has 0 aliphatic heterocycles. The highest BCUT2D eigenvalue weighted by atomic mass is 32.2. The zero-order valence-corrected chi connectivity index (χ0v) is 14.7. The van der Waals surface area contributed by atoms with E-state index in [0.717, 1.165) is 35.5 Å². The number of carbonyl (C=O) groups is 1. The van der Waals surface area contributed by atoms with E-state index >= 15 is 0 Å². The number of hydrogen-bond acceptors (Lipinski definition) is 4. The molecule has 1 aliphatic rings. The topological polar surface area (TPSA) is 55.1 Å². The van der Waals surface area contributed by atoms with Gasteiger partial charge in [0.2, 0.25) is 0 Å². The molecule has 5 heteroatoms. The van der Waals surface area contributed by atoms with Crippen LogP contribution in [0.2, 0.25) is 0 Å². The molecule has 0 radical (unpaired) electrons. The van der Waals surface area contributed by atoms with Gasteiger partial charge in [0, 0.05) is 21.6 Å². The Morgan fingerprint density at radius 3 is 2.91 bits per heavy atom. The highest BCUT2D eigenvalue weighted by molar-refractivity contribution is 7.98. The van der Waals surface area contributed by atoms with Gasteiger partial charge in [-0.25, -0.2) is 0 Å². The van der Waals surface area contributed by atoms with Gasteiger partial charge in [-0.05, 0) is 48.9 Å². The van der Waals surface area contributed by atoms with Crippen LogP contribution in [-0.4, -0.2) is 18.5 Å². The summed E-state index contributed by atoms with van der Waals surface area (Å²) in [6.07, 6.45) is 3.32. The fourth-order valence-electron chi connectivity index (χ4n) is 3.08. The van der Waals surface area contributed by atoms with E-state index in [-0.39, 0.29) is 11.9 Å². The molecule has 1 aliphatic carbocycles. The molecule has 1 aromatic heterocycles. The quantitative estimate of drug-likeness (QED) is 0.780. The van der Waals surface area contributed by atoms with Crippen molar-refractivity contribution in [2.75, 3.05) is 6.54 Å². The molecule has 0 spiro atoms. The predicted molar refractivity (Wildman–Crippen MR) is 98.0 cm³/mol. The van der Waals surface area contributed by atoms with Crippen LogP contribution in [0.1, 0.15) is 34.5 Å². The van der Waals surface area contributed by atoms with Crippen molar-refractivity contribution in [3.05, 3.63) is 52.2 Å². The van der Waals surface area contributed by atoms with Crippen LogP contribution < -0.4 is 11.1 Å². The molecule has 3 N–H and O–H groups in total. The maximum absolute atomic E-state index is 12.7. The molecule has 0 bridgehead atoms. The van der Waals surface area contributed by atoms with Crippen LogP contribution in [0.5, 0.6) is 0 Å². The first-order chi connectivity index (χ1) is 11.3. The summed E-state index contributed by atoms with van der Waals surface area (Å²) in [6.45, 7) is 0.653. The van der Waals surface area contributed by atoms with Gasteiger partial charge in [-0.3, -0.25) is 4.79 Å². The Balaban J connectivity index is 1.67. The van der Waals surface area contributed by atoms with Gasteiger partial charge in [-0.15, -0.1) is 23.1 Å². The van der Waals surface area contributed by atoms with E-state index in [1.54, 1.807) is 23.1 Å². The van der Waals surface area contributed by atoms with Gasteiger partial charge in [0.05, 0.1) is 5.56 Å². The van der Waals surface area contributed by atoms with Gasteiger partial charge in [0.1, 0.15) is 0 Å². The fourth-order valence-corrected chi connectivity index (χ4v) is 4.90. The third kappa shape index (κ3) is 4.16. The Morgan fingerprint density at radius 1 is 1.26 bits per heavy atom. The molecule has 2 atom stereocenters. The second-order valence-electron chi connectivity index (χ2n) is 5.87. The van der Waals surface area contributed by atoms with Crippen molar-refractivity contribution < 1.29 is 4.79 Å². The van der Waals surface area contributed by atoms with Crippen molar-refractivity contribution >= 4 is 29.0 Å². The first kappa shape index (κ1) is 16.6. The zero-order chi connectivity index (χ0) is 16.1. The van der Waals surface area contributed by atoms with Crippen LogP contribution in [0.15, 0.2) is 46.7 Å². The molecule has 1 saturated carbocycles. The summed E-state index contributed by atoms with van der Waals surface area (Å²) in [4.78, 5) is 15.0. The van der Waals surface area contributed by atoms with Gasteiger partial charge in [0.25, 0.3) is 5.91 Å². The summed E-state index contributed by atoms with van der Waals surface area (Å²) in [6, 6.07) is 12.3. The Kier molecular flexibility index (Phi) is 5.75. The maximum atomic E-state index is 12.7. The summed E-state index contributed by atoms with van der Waals surface area (Å²) in [5.74, 6) is 1.35. The number of amides is 1. The lowest BCUT2D eigenvalue weighted by molar-refractivity contribution is 0.0926. The van der Waals surface area contributed by atoms with Gasteiger partial charge in [0.15, 0.2) is 0 Å². The molecule has 122 valence electrons. The molecule has 2 aromatic rings. The van der Waals surface area contributed by atoms with Crippen LogP contribution in [0.4, 0.5) is 0 Å². The number of thiophene rings is 1. The van der Waals surface area contributed by atoms with Crippen molar-refractivity contribution in [3.8, 4) is 0 Å². The van der Waals surface area contributed by atoms with E-state index in [0.29, 0.717) is 12.5 Å². The lowest BCUT2D eigenvalue weighted by Crippen LogP contribution is -2.40. The van der Waals surface area contributed by atoms with Crippen molar-refractivity contribution in [2.45, 2.75) is 36.0 Å². The van der Waals surface area contributed by atoms with Crippen molar-refractivity contribution in [1.82, 2.24) is 5.32 Å². The van der Waals surface area contributed by atoms with Crippen LogP contribution in [0.3, 0.4) is 0 Å². The molecule has 23 heavy (non-hydrogen) atoms. The number of nitrogens with one attached hydrogen (secondary N) is 1. The van der Waals surface area contributed by atoms with Crippen LogP contribution in [0, 0.1) is 5.92 Å². The van der Waals surface area contributed by atoms with E-state index in [1.165, 1.54) is 4.88 Å². The van der Waals surface area contributed by atoms with E-state index < -0.39 is 0 Å². The zero-order valence-electron chi connectivity index (χ0n) is 13.0. The number of carbonyl (C=O) groups excluding carboxylic acids is 1. The first-order valence-electron chi connectivity index (χ1n) is 8.03. The minimum absolute atomic E-state index is 0.0321. The highest BCUT2D eigenvalue weighted by Gasteiger charge is 2.28. The average Bonchev–Trinajstić information content (AvgIpc) is 3.24. The standard InChI is InChI=1S/C18H22N2OS2/c19-11-13-5-3-8-16(13)20-18(21)15-7-1-2-9-17(15)23-12-14-6-4-10-22-14/h1-2,4,6-7,9-10,13,16H,3,5,8,11-12,19H2,(H,20,21). The molecule has 2 unspecified atom stereocenters. The first-order valence-corrected chi connectivity index (χ1v) is 9.89. The number of nitrogens with two attached hydrogens (primary N) is 1. The van der Waals surface area contributed by atoms with Gasteiger partial charge in [-0.2, -0.15) is 0 Å². The normalized spacial score (nSPS) is 20.6. The Morgan fingerprint density at radius 2 is 2.13 bits per heavy atom. The molecule has 3 nitrogen and oxygen atoms in total. The molecular weight excluding hydrogens is 324 g/mol. The number of rotatable bonds is 6. The minimum Gasteiger partial charge on any atom is -0.349 e.